The third-order valence-corrected chi connectivity index (χ3v) is 4.90. The summed E-state index contributed by atoms with van der Waals surface area (Å²) in [6, 6.07) is 14.4. The van der Waals surface area contributed by atoms with Gasteiger partial charge in [-0.3, -0.25) is 0 Å². The summed E-state index contributed by atoms with van der Waals surface area (Å²) in [5.41, 5.74) is 4.22. The molecule has 0 aliphatic rings. The van der Waals surface area contributed by atoms with Crippen molar-refractivity contribution in [3.63, 3.8) is 0 Å². The van der Waals surface area contributed by atoms with Crippen LogP contribution < -0.4 is 0 Å². The molecule has 0 saturated heterocycles. The number of hydrogen-bond donors (Lipinski definition) is 1. The van der Waals surface area contributed by atoms with Gasteiger partial charge in [-0.25, -0.2) is 14.6 Å². The Morgan fingerprint density at radius 2 is 1.77 bits per heavy atom. The van der Waals surface area contributed by atoms with E-state index in [1.807, 2.05) is 35.0 Å². The first-order valence-electron chi connectivity index (χ1n) is 10.3. The molecule has 160 valence electrons. The number of aromatic carboxylic acids is 1. The molecule has 0 atom stereocenters. The van der Waals surface area contributed by atoms with E-state index < -0.39 is 5.97 Å². The largest absolute Gasteiger partial charge is 0.478 e. The lowest BCUT2D eigenvalue weighted by Crippen LogP contribution is -2.04. The summed E-state index contributed by atoms with van der Waals surface area (Å²) in [7, 11) is 0. The quantitative estimate of drug-likeness (QED) is 0.475. The summed E-state index contributed by atoms with van der Waals surface area (Å²) in [5, 5.41) is 9.02. The van der Waals surface area contributed by atoms with Gasteiger partial charge < -0.3 is 14.4 Å². The van der Waals surface area contributed by atoms with Crippen LogP contribution in [0.1, 0.15) is 51.6 Å². The predicted octanol–water partition coefficient (Wildman–Crippen LogP) is 4.86. The monoisotopic (exact) mass is 418 g/mol. The number of imidazole rings is 1. The Morgan fingerprint density at radius 1 is 1.06 bits per heavy atom. The van der Waals surface area contributed by atoms with E-state index >= 15 is 0 Å². The van der Waals surface area contributed by atoms with E-state index in [0.29, 0.717) is 17.7 Å². The second-order valence-electron chi connectivity index (χ2n) is 7.24. The van der Waals surface area contributed by atoms with Gasteiger partial charge in [0.1, 0.15) is 0 Å². The Hall–Kier alpha value is -3.67. The van der Waals surface area contributed by atoms with Crippen LogP contribution in [-0.2, 0) is 17.7 Å². The summed E-state index contributed by atoms with van der Waals surface area (Å²) in [6.07, 6.45) is 10.3. The fourth-order valence-electron chi connectivity index (χ4n) is 3.31. The minimum atomic E-state index is -0.911. The normalized spacial score (nSPS) is 11.3. The van der Waals surface area contributed by atoms with Gasteiger partial charge >= 0.3 is 11.9 Å². The zero-order valence-corrected chi connectivity index (χ0v) is 17.5. The summed E-state index contributed by atoms with van der Waals surface area (Å²) in [4.78, 5) is 27.0. The number of allylic oxidation sites excluding steroid dienone is 1. The number of carboxylic acids is 1. The van der Waals surface area contributed by atoms with Crippen molar-refractivity contribution >= 4 is 18.0 Å². The molecule has 6 heteroatoms. The molecule has 0 aliphatic heterocycles. The zero-order valence-electron chi connectivity index (χ0n) is 17.5. The van der Waals surface area contributed by atoms with Crippen molar-refractivity contribution in [2.24, 2.45) is 0 Å². The molecule has 2 aromatic carbocycles. The highest BCUT2D eigenvalue weighted by atomic mass is 16.5. The standard InChI is InChI=1S/C25H26N2O4/c1-2-31-25(30)23-12-8-20(9-13-23)16-21(17-27-15-14-26-18-27)5-3-4-19-6-10-22(11-7-19)24(28)29/h6-16,18H,2-5,17H2,1H3,(H,28,29)/b21-16+. The van der Waals surface area contributed by atoms with Gasteiger partial charge in [0.2, 0.25) is 0 Å². The number of carbonyl (C=O) groups is 2. The Labute approximate surface area is 181 Å². The van der Waals surface area contributed by atoms with Gasteiger partial charge in [0.05, 0.1) is 24.1 Å². The molecule has 3 rings (SSSR count). The van der Waals surface area contributed by atoms with Crippen molar-refractivity contribution in [1.82, 2.24) is 9.55 Å². The van der Waals surface area contributed by atoms with Crippen molar-refractivity contribution in [2.45, 2.75) is 32.7 Å². The molecule has 1 aromatic heterocycles. The van der Waals surface area contributed by atoms with Crippen LogP contribution in [-0.4, -0.2) is 33.2 Å². The number of ether oxygens (including phenoxy) is 1. The summed E-state index contributed by atoms with van der Waals surface area (Å²) in [6.45, 7) is 2.88. The third-order valence-electron chi connectivity index (χ3n) is 4.90. The molecule has 0 saturated carbocycles. The first kappa shape index (κ1) is 22.0. The number of aromatic nitrogens is 2. The van der Waals surface area contributed by atoms with Gasteiger partial charge in [-0.2, -0.15) is 0 Å². The SMILES string of the molecule is CCOC(=O)c1ccc(/C=C(\CCCc2ccc(C(=O)O)cc2)Cn2ccnc2)cc1. The Bertz CT molecular complexity index is 1020. The summed E-state index contributed by atoms with van der Waals surface area (Å²) >= 11 is 0. The molecule has 0 unspecified atom stereocenters. The van der Waals surface area contributed by atoms with Crippen LogP contribution in [0.4, 0.5) is 0 Å². The zero-order chi connectivity index (χ0) is 22.1. The van der Waals surface area contributed by atoms with Gasteiger partial charge in [-0.1, -0.05) is 30.3 Å². The number of aryl methyl sites for hydroxylation is 1. The van der Waals surface area contributed by atoms with Crippen molar-refractivity contribution < 1.29 is 19.4 Å². The predicted molar refractivity (Wildman–Crippen MR) is 119 cm³/mol. The molecule has 0 bridgehead atoms. The Morgan fingerprint density at radius 3 is 2.39 bits per heavy atom. The van der Waals surface area contributed by atoms with Crippen molar-refractivity contribution in [1.29, 1.82) is 0 Å². The Kier molecular flexibility index (Phi) is 7.76. The molecule has 0 amide bonds. The summed E-state index contributed by atoms with van der Waals surface area (Å²) < 4.78 is 7.07. The molecule has 31 heavy (non-hydrogen) atoms. The highest BCUT2D eigenvalue weighted by Gasteiger charge is 2.07. The highest BCUT2D eigenvalue weighted by molar-refractivity contribution is 5.89. The Balaban J connectivity index is 1.67. The maximum atomic E-state index is 11.8. The van der Waals surface area contributed by atoms with Crippen LogP contribution in [0.25, 0.3) is 6.08 Å². The van der Waals surface area contributed by atoms with E-state index in [4.69, 9.17) is 9.84 Å². The first-order chi connectivity index (χ1) is 15.0. The molecule has 0 aliphatic carbocycles. The van der Waals surface area contributed by atoms with Crippen molar-refractivity contribution in [3.8, 4) is 0 Å². The minimum absolute atomic E-state index is 0.302. The van der Waals surface area contributed by atoms with E-state index in [2.05, 4.69) is 11.1 Å². The number of benzene rings is 2. The van der Waals surface area contributed by atoms with Gasteiger partial charge in [0, 0.05) is 18.9 Å². The average Bonchev–Trinajstić information content (AvgIpc) is 3.28. The second-order valence-corrected chi connectivity index (χ2v) is 7.24. The van der Waals surface area contributed by atoms with Gasteiger partial charge in [0.25, 0.3) is 0 Å². The molecule has 6 nitrogen and oxygen atoms in total. The molecule has 1 heterocycles. The van der Waals surface area contributed by atoms with E-state index in [1.165, 1.54) is 5.57 Å². The van der Waals surface area contributed by atoms with Crippen LogP contribution in [0, 0.1) is 0 Å². The molecule has 0 spiro atoms. The van der Waals surface area contributed by atoms with Gasteiger partial charge in [-0.05, 0) is 67.2 Å². The van der Waals surface area contributed by atoms with E-state index in [1.54, 1.807) is 43.7 Å². The molecular weight excluding hydrogens is 392 g/mol. The fraction of sp³-hybridized carbons (Fsp3) is 0.240. The third kappa shape index (κ3) is 6.67. The van der Waals surface area contributed by atoms with E-state index in [0.717, 1.165) is 36.9 Å². The van der Waals surface area contributed by atoms with Crippen LogP contribution in [0.5, 0.6) is 0 Å². The van der Waals surface area contributed by atoms with Crippen LogP contribution >= 0.6 is 0 Å². The maximum absolute atomic E-state index is 11.8. The van der Waals surface area contributed by atoms with Crippen molar-refractivity contribution in [2.75, 3.05) is 6.61 Å². The van der Waals surface area contributed by atoms with Crippen LogP contribution in [0.2, 0.25) is 0 Å². The number of esters is 1. The minimum Gasteiger partial charge on any atom is -0.478 e. The fourth-order valence-corrected chi connectivity index (χ4v) is 3.31. The smallest absolute Gasteiger partial charge is 0.338 e. The number of carboxylic acid groups (broad SMARTS) is 1. The molecule has 1 N–H and O–H groups in total. The average molecular weight is 418 g/mol. The number of rotatable bonds is 10. The topological polar surface area (TPSA) is 81.4 Å². The molecule has 0 fully saturated rings. The van der Waals surface area contributed by atoms with E-state index in [-0.39, 0.29) is 5.97 Å². The number of nitrogens with zero attached hydrogens (tertiary/aromatic N) is 2. The maximum Gasteiger partial charge on any atom is 0.338 e. The lowest BCUT2D eigenvalue weighted by molar-refractivity contribution is 0.0526. The van der Waals surface area contributed by atoms with Crippen LogP contribution in [0.3, 0.4) is 0 Å². The van der Waals surface area contributed by atoms with Gasteiger partial charge in [0.15, 0.2) is 0 Å². The van der Waals surface area contributed by atoms with Crippen LogP contribution in [0.15, 0.2) is 72.8 Å². The lowest BCUT2D eigenvalue weighted by atomic mass is 10.0. The second kappa shape index (κ2) is 10.9. The first-order valence-corrected chi connectivity index (χ1v) is 10.3. The molecular formula is C25H26N2O4. The molecule has 3 aromatic rings. The molecule has 0 radical (unpaired) electrons. The van der Waals surface area contributed by atoms with Gasteiger partial charge in [-0.15, -0.1) is 0 Å². The number of carbonyl (C=O) groups excluding carboxylic acids is 1. The number of hydrogen-bond acceptors (Lipinski definition) is 4. The lowest BCUT2D eigenvalue weighted by Gasteiger charge is -2.10. The van der Waals surface area contributed by atoms with Crippen molar-refractivity contribution in [3.05, 3.63) is 95.1 Å². The highest BCUT2D eigenvalue weighted by Crippen LogP contribution is 2.18. The summed E-state index contributed by atoms with van der Waals surface area (Å²) in [5.74, 6) is -1.23. The van der Waals surface area contributed by atoms with E-state index in [9.17, 15) is 9.59 Å².